The van der Waals surface area contributed by atoms with Crippen LogP contribution < -0.4 is 0 Å². The number of piperidine rings is 1. The molecule has 5 nitrogen and oxygen atoms in total. The molecule has 0 unspecified atom stereocenters. The maximum Gasteiger partial charge on any atom is 0.410 e. The summed E-state index contributed by atoms with van der Waals surface area (Å²) in [4.78, 5) is 16.4. The molecule has 1 aromatic carbocycles. The van der Waals surface area contributed by atoms with Gasteiger partial charge >= 0.3 is 6.09 Å². The zero-order chi connectivity index (χ0) is 24.5. The highest BCUT2D eigenvalue weighted by Crippen LogP contribution is 2.44. The van der Waals surface area contributed by atoms with Crippen molar-refractivity contribution in [2.75, 3.05) is 26.3 Å². The molecule has 3 rings (SSSR count). The monoisotopic (exact) mass is 473 g/mol. The standard InChI is InChI=1S/C25H33NO4S.C2H6/c1-6-8-21(7-2)31-22-11-9-19(10-12-22)25(28-17-18-29-25)20-13-15-26(16-14-20)23(27)30-24(3,4)5;1-2/h6-12,20H,1-2,13-18H2,3-5H3;1-2H3/b21-8+;. The van der Waals surface area contributed by atoms with Crippen LogP contribution in [-0.2, 0) is 20.0 Å². The van der Waals surface area contributed by atoms with Gasteiger partial charge in [0.2, 0.25) is 0 Å². The summed E-state index contributed by atoms with van der Waals surface area (Å²) in [7, 11) is 0. The highest BCUT2D eigenvalue weighted by atomic mass is 32.2. The highest BCUT2D eigenvalue weighted by molar-refractivity contribution is 8.03. The number of rotatable bonds is 6. The molecule has 33 heavy (non-hydrogen) atoms. The first-order chi connectivity index (χ1) is 15.8. The van der Waals surface area contributed by atoms with Crippen LogP contribution in [0.4, 0.5) is 4.79 Å². The van der Waals surface area contributed by atoms with Gasteiger partial charge in [0.25, 0.3) is 0 Å². The Morgan fingerprint density at radius 2 is 1.70 bits per heavy atom. The van der Waals surface area contributed by atoms with Crippen LogP contribution in [0.5, 0.6) is 0 Å². The van der Waals surface area contributed by atoms with Gasteiger partial charge in [0.1, 0.15) is 5.60 Å². The third kappa shape index (κ3) is 7.23. The molecule has 182 valence electrons. The van der Waals surface area contributed by atoms with Gasteiger partial charge in [0.05, 0.1) is 13.2 Å². The molecule has 0 N–H and O–H groups in total. The molecule has 0 radical (unpaired) electrons. The first kappa shape index (κ1) is 27.2. The SMILES string of the molecule is C=C/C=C(\C=C)Sc1ccc(C2(C3CCN(C(=O)OC(C)(C)C)CC3)OCCO2)cc1.CC. The molecule has 2 fully saturated rings. The van der Waals surface area contributed by atoms with Gasteiger partial charge in [-0.05, 0) is 51.8 Å². The second-order valence-corrected chi connectivity index (χ2v) is 9.89. The quantitative estimate of drug-likeness (QED) is 0.332. The molecule has 0 aromatic heterocycles. The lowest BCUT2D eigenvalue weighted by Crippen LogP contribution is -2.47. The van der Waals surface area contributed by atoms with E-state index in [1.54, 1.807) is 22.7 Å². The number of allylic oxidation sites excluding steroid dienone is 3. The lowest BCUT2D eigenvalue weighted by atomic mass is 9.84. The number of hydrogen-bond donors (Lipinski definition) is 0. The van der Waals surface area contributed by atoms with Crippen LogP contribution >= 0.6 is 11.8 Å². The molecule has 1 amide bonds. The van der Waals surface area contributed by atoms with Crippen LogP contribution in [0.25, 0.3) is 0 Å². The van der Waals surface area contributed by atoms with Crippen molar-refractivity contribution >= 4 is 17.9 Å². The van der Waals surface area contributed by atoms with E-state index in [2.05, 4.69) is 37.4 Å². The summed E-state index contributed by atoms with van der Waals surface area (Å²) in [5.41, 5.74) is 0.539. The van der Waals surface area contributed by atoms with Crippen molar-refractivity contribution in [1.82, 2.24) is 4.90 Å². The lowest BCUT2D eigenvalue weighted by Gasteiger charge is -2.41. The summed E-state index contributed by atoms with van der Waals surface area (Å²) in [5, 5.41) is 0. The van der Waals surface area contributed by atoms with E-state index in [4.69, 9.17) is 14.2 Å². The fraction of sp³-hybridized carbons (Fsp3) is 0.519. The minimum Gasteiger partial charge on any atom is -0.444 e. The molecule has 0 aliphatic carbocycles. The highest BCUT2D eigenvalue weighted by Gasteiger charge is 2.47. The van der Waals surface area contributed by atoms with E-state index in [0.717, 1.165) is 28.2 Å². The maximum absolute atomic E-state index is 12.4. The normalized spacial score (nSPS) is 18.8. The molecule has 0 saturated carbocycles. The Hall–Kier alpha value is -2.02. The van der Waals surface area contributed by atoms with Gasteiger partial charge in [-0.15, -0.1) is 0 Å². The molecule has 1 aromatic rings. The van der Waals surface area contributed by atoms with Crippen LogP contribution in [0.15, 0.2) is 65.5 Å². The van der Waals surface area contributed by atoms with Crippen molar-refractivity contribution in [2.45, 2.75) is 63.7 Å². The Balaban J connectivity index is 0.00000187. The van der Waals surface area contributed by atoms with Gasteiger partial charge in [-0.3, -0.25) is 0 Å². The number of nitrogens with zero attached hydrogens (tertiary/aromatic N) is 1. The fourth-order valence-electron chi connectivity index (χ4n) is 3.99. The van der Waals surface area contributed by atoms with Crippen LogP contribution in [0.3, 0.4) is 0 Å². The molecule has 2 aliphatic heterocycles. The van der Waals surface area contributed by atoms with Crippen LogP contribution in [0.1, 0.15) is 53.0 Å². The molecule has 2 heterocycles. The largest absolute Gasteiger partial charge is 0.444 e. The summed E-state index contributed by atoms with van der Waals surface area (Å²) in [6, 6.07) is 8.34. The molecule has 6 heteroatoms. The molecule has 0 spiro atoms. The van der Waals surface area contributed by atoms with Gasteiger partial charge < -0.3 is 19.1 Å². The first-order valence-electron chi connectivity index (χ1n) is 11.8. The van der Waals surface area contributed by atoms with Crippen molar-refractivity contribution in [3.63, 3.8) is 0 Å². The topological polar surface area (TPSA) is 48.0 Å². The Kier molecular flexibility index (Phi) is 10.3. The van der Waals surface area contributed by atoms with E-state index in [9.17, 15) is 4.79 Å². The van der Waals surface area contributed by atoms with Crippen molar-refractivity contribution in [3.05, 3.63) is 66.1 Å². The Labute approximate surface area is 203 Å². The zero-order valence-corrected chi connectivity index (χ0v) is 21.6. The third-order valence-corrected chi connectivity index (χ3v) is 6.42. The van der Waals surface area contributed by atoms with E-state index >= 15 is 0 Å². The van der Waals surface area contributed by atoms with Crippen LogP contribution in [0, 0.1) is 5.92 Å². The molecular formula is C27H39NO4S. The van der Waals surface area contributed by atoms with E-state index in [1.165, 1.54) is 0 Å². The lowest BCUT2D eigenvalue weighted by molar-refractivity contribution is -0.213. The number of carbonyl (C=O) groups excluding carboxylic acids is 1. The van der Waals surface area contributed by atoms with Gasteiger partial charge in [-0.2, -0.15) is 0 Å². The number of likely N-dealkylation sites (tertiary alicyclic amines) is 1. The zero-order valence-electron chi connectivity index (χ0n) is 20.8. The summed E-state index contributed by atoms with van der Waals surface area (Å²) in [5.74, 6) is -0.571. The Morgan fingerprint density at radius 3 is 2.18 bits per heavy atom. The smallest absolute Gasteiger partial charge is 0.410 e. The third-order valence-electron chi connectivity index (χ3n) is 5.38. The number of amides is 1. The van der Waals surface area contributed by atoms with Crippen molar-refractivity contribution in [2.24, 2.45) is 5.92 Å². The van der Waals surface area contributed by atoms with Gasteiger partial charge in [0, 0.05) is 34.4 Å². The molecule has 2 saturated heterocycles. The van der Waals surface area contributed by atoms with Gasteiger partial charge in [0.15, 0.2) is 5.79 Å². The van der Waals surface area contributed by atoms with Crippen LogP contribution in [-0.4, -0.2) is 42.9 Å². The average molecular weight is 474 g/mol. The minimum absolute atomic E-state index is 0.177. The second-order valence-electron chi connectivity index (χ2n) is 8.74. The van der Waals surface area contributed by atoms with E-state index in [1.807, 2.05) is 46.8 Å². The van der Waals surface area contributed by atoms with E-state index in [-0.39, 0.29) is 12.0 Å². The fourth-order valence-corrected chi connectivity index (χ4v) is 4.78. The molecule has 0 bridgehead atoms. The van der Waals surface area contributed by atoms with Crippen molar-refractivity contribution in [3.8, 4) is 0 Å². The van der Waals surface area contributed by atoms with Gasteiger partial charge in [-0.25, -0.2) is 4.79 Å². The Morgan fingerprint density at radius 1 is 1.12 bits per heavy atom. The second kappa shape index (κ2) is 12.4. The summed E-state index contributed by atoms with van der Waals surface area (Å²) < 4.78 is 18.0. The Bertz CT molecular complexity index is 812. The van der Waals surface area contributed by atoms with E-state index < -0.39 is 11.4 Å². The molecule has 0 atom stereocenters. The van der Waals surface area contributed by atoms with Crippen molar-refractivity contribution < 1.29 is 19.0 Å². The van der Waals surface area contributed by atoms with Gasteiger partial charge in [-0.1, -0.05) is 63.1 Å². The number of benzene rings is 1. The maximum atomic E-state index is 12.4. The minimum atomic E-state index is -0.749. The molecular weight excluding hydrogens is 434 g/mol. The summed E-state index contributed by atoms with van der Waals surface area (Å²) >= 11 is 1.64. The number of ether oxygens (including phenoxy) is 3. The number of thioether (sulfide) groups is 1. The predicted octanol–water partition coefficient (Wildman–Crippen LogP) is 6.91. The van der Waals surface area contributed by atoms with Crippen LogP contribution in [0.2, 0.25) is 0 Å². The molecule has 2 aliphatic rings. The first-order valence-corrected chi connectivity index (χ1v) is 12.6. The van der Waals surface area contributed by atoms with E-state index in [0.29, 0.717) is 26.3 Å². The number of carbonyl (C=O) groups is 1. The predicted molar refractivity (Wildman–Crippen MR) is 136 cm³/mol. The number of hydrogen-bond acceptors (Lipinski definition) is 5. The average Bonchev–Trinajstić information content (AvgIpc) is 3.31. The summed E-state index contributed by atoms with van der Waals surface area (Å²) in [6.45, 7) is 19.7. The summed E-state index contributed by atoms with van der Waals surface area (Å²) in [6.07, 6.45) is 6.88. The van der Waals surface area contributed by atoms with Crippen molar-refractivity contribution in [1.29, 1.82) is 0 Å².